The number of piperidine rings is 1. The number of likely N-dealkylation sites (tertiary alicyclic amines) is 1. The number of nitrogens with zero attached hydrogens (tertiary/aromatic N) is 1. The summed E-state index contributed by atoms with van der Waals surface area (Å²) in [6, 6.07) is -1.00. The van der Waals surface area contributed by atoms with Gasteiger partial charge in [0, 0.05) is 19.5 Å². The summed E-state index contributed by atoms with van der Waals surface area (Å²) in [6.45, 7) is 1.12. The molecule has 1 fully saturated rings. The molecule has 1 aromatic heterocycles. The van der Waals surface area contributed by atoms with E-state index in [1.54, 1.807) is 0 Å². The normalized spacial score (nSPS) is 23.0. The molecule has 2 atom stereocenters. The van der Waals surface area contributed by atoms with Crippen LogP contribution in [0.15, 0.2) is 23.0 Å². The zero-order valence-electron chi connectivity index (χ0n) is 11.3. The van der Waals surface area contributed by atoms with Crippen molar-refractivity contribution in [1.29, 1.82) is 0 Å². The number of halogens is 3. The Kier molecular flexibility index (Phi) is 4.24. The lowest BCUT2D eigenvalue weighted by molar-refractivity contribution is -0.184. The molecule has 2 heterocycles. The van der Waals surface area contributed by atoms with E-state index in [4.69, 9.17) is 4.42 Å². The first-order chi connectivity index (χ1) is 9.79. The fourth-order valence-electron chi connectivity index (χ4n) is 2.49. The number of hydrogen-bond acceptors (Lipinski definition) is 3. The second kappa shape index (κ2) is 5.79. The van der Waals surface area contributed by atoms with Crippen molar-refractivity contribution in [2.45, 2.75) is 38.0 Å². The van der Waals surface area contributed by atoms with E-state index in [2.05, 4.69) is 5.32 Å². The molecule has 1 N–H and O–H groups in total. The van der Waals surface area contributed by atoms with E-state index in [9.17, 15) is 22.8 Å². The molecule has 1 aliphatic rings. The number of carbonyl (C=O) groups is 2. The molecule has 5 nitrogen and oxygen atoms in total. The van der Waals surface area contributed by atoms with Crippen molar-refractivity contribution >= 4 is 11.8 Å². The molecule has 2 rings (SSSR count). The van der Waals surface area contributed by atoms with Crippen LogP contribution in [0.5, 0.6) is 0 Å². The third-order valence-corrected chi connectivity index (χ3v) is 3.40. The van der Waals surface area contributed by atoms with Gasteiger partial charge in [0.2, 0.25) is 5.91 Å². The van der Waals surface area contributed by atoms with Gasteiger partial charge in [-0.3, -0.25) is 9.59 Å². The van der Waals surface area contributed by atoms with Crippen LogP contribution in [0.25, 0.3) is 0 Å². The van der Waals surface area contributed by atoms with Crippen molar-refractivity contribution in [2.75, 3.05) is 6.54 Å². The number of amides is 2. The summed E-state index contributed by atoms with van der Waals surface area (Å²) >= 11 is 0. The molecule has 0 radical (unpaired) electrons. The molecular weight excluding hydrogens is 289 g/mol. The number of hydrogen-bond donors (Lipinski definition) is 1. The van der Waals surface area contributed by atoms with Crippen LogP contribution in [0.4, 0.5) is 13.2 Å². The quantitative estimate of drug-likeness (QED) is 0.908. The highest BCUT2D eigenvalue weighted by molar-refractivity contribution is 5.94. The van der Waals surface area contributed by atoms with Crippen LogP contribution in [-0.2, 0) is 4.79 Å². The van der Waals surface area contributed by atoms with Crippen LogP contribution in [0.2, 0.25) is 0 Å². The van der Waals surface area contributed by atoms with Gasteiger partial charge in [-0.05, 0) is 18.9 Å². The number of carbonyl (C=O) groups excluding carboxylic acids is 2. The maximum absolute atomic E-state index is 13.1. The van der Waals surface area contributed by atoms with Gasteiger partial charge in [-0.15, -0.1) is 0 Å². The van der Waals surface area contributed by atoms with E-state index in [1.165, 1.54) is 19.3 Å². The highest BCUT2D eigenvalue weighted by Crippen LogP contribution is 2.33. The molecule has 0 aliphatic carbocycles. The Morgan fingerprint density at radius 1 is 1.38 bits per heavy atom. The molecule has 0 unspecified atom stereocenters. The third-order valence-electron chi connectivity index (χ3n) is 3.40. The summed E-state index contributed by atoms with van der Waals surface area (Å²) in [5, 5.41) is 2.56. The Hall–Kier alpha value is -1.99. The lowest BCUT2D eigenvalue weighted by Gasteiger charge is -2.40. The summed E-state index contributed by atoms with van der Waals surface area (Å²) in [4.78, 5) is 24.0. The largest absolute Gasteiger partial charge is 0.472 e. The van der Waals surface area contributed by atoms with Crippen molar-refractivity contribution in [3.8, 4) is 0 Å². The second-order valence-electron chi connectivity index (χ2n) is 5.00. The van der Waals surface area contributed by atoms with Gasteiger partial charge >= 0.3 is 6.18 Å². The van der Waals surface area contributed by atoms with Gasteiger partial charge in [0.15, 0.2) is 0 Å². The van der Waals surface area contributed by atoms with E-state index >= 15 is 0 Å². The fourth-order valence-corrected chi connectivity index (χ4v) is 2.49. The van der Waals surface area contributed by atoms with E-state index in [0.29, 0.717) is 0 Å². The topological polar surface area (TPSA) is 62.6 Å². The number of rotatable bonds is 2. The van der Waals surface area contributed by atoms with Crippen LogP contribution in [0, 0.1) is 0 Å². The summed E-state index contributed by atoms with van der Waals surface area (Å²) in [5.74, 6) is -1.08. The molecule has 0 spiro atoms. The molecular formula is C13H15F3N2O3. The van der Waals surface area contributed by atoms with Gasteiger partial charge < -0.3 is 14.6 Å². The maximum atomic E-state index is 13.1. The van der Waals surface area contributed by atoms with Gasteiger partial charge in [-0.1, -0.05) is 0 Å². The van der Waals surface area contributed by atoms with Gasteiger partial charge in [0.05, 0.1) is 11.8 Å². The van der Waals surface area contributed by atoms with Gasteiger partial charge in [-0.2, -0.15) is 13.2 Å². The summed E-state index contributed by atoms with van der Waals surface area (Å²) in [7, 11) is 0. The van der Waals surface area contributed by atoms with Crippen LogP contribution < -0.4 is 5.32 Å². The van der Waals surface area contributed by atoms with Gasteiger partial charge in [0.1, 0.15) is 12.3 Å². The van der Waals surface area contributed by atoms with Crippen LogP contribution >= 0.6 is 0 Å². The van der Waals surface area contributed by atoms with Crippen LogP contribution in [0.3, 0.4) is 0 Å². The molecule has 1 aromatic rings. The minimum absolute atomic E-state index is 0.0627. The highest BCUT2D eigenvalue weighted by Gasteiger charge is 2.48. The fraction of sp³-hybridized carbons (Fsp3) is 0.538. The smallest absolute Gasteiger partial charge is 0.408 e. The average Bonchev–Trinajstić information content (AvgIpc) is 2.89. The molecule has 1 saturated heterocycles. The van der Waals surface area contributed by atoms with Crippen LogP contribution in [-0.4, -0.2) is 41.5 Å². The molecule has 116 valence electrons. The second-order valence-corrected chi connectivity index (χ2v) is 5.00. The maximum Gasteiger partial charge on any atom is 0.408 e. The van der Waals surface area contributed by atoms with Gasteiger partial charge in [-0.25, -0.2) is 0 Å². The SMILES string of the molecule is CC(=O)N[C@H]1CC[C@H](C(F)(F)F)N(C(=O)c2ccoc2)C1. The standard InChI is InChI=1S/C13H15F3N2O3/c1-8(19)17-10-2-3-11(13(14,15)16)18(6-10)12(20)9-4-5-21-7-9/h4-5,7,10-11H,2-3,6H2,1H3,(H,17,19)/t10-,11+/m0/s1. The first-order valence-electron chi connectivity index (χ1n) is 6.46. The summed E-state index contributed by atoms with van der Waals surface area (Å²) in [6.07, 6.45) is -2.22. The molecule has 8 heteroatoms. The minimum atomic E-state index is -4.50. The monoisotopic (exact) mass is 304 g/mol. The Morgan fingerprint density at radius 3 is 2.62 bits per heavy atom. The highest BCUT2D eigenvalue weighted by atomic mass is 19.4. The number of furan rings is 1. The van der Waals surface area contributed by atoms with Crippen molar-refractivity contribution < 1.29 is 27.2 Å². The van der Waals surface area contributed by atoms with Crippen LogP contribution in [0.1, 0.15) is 30.1 Å². The Morgan fingerprint density at radius 2 is 2.10 bits per heavy atom. The number of alkyl halides is 3. The number of nitrogens with one attached hydrogen (secondary N) is 1. The predicted molar refractivity (Wildman–Crippen MR) is 66.4 cm³/mol. The first-order valence-corrected chi connectivity index (χ1v) is 6.46. The molecule has 0 saturated carbocycles. The van der Waals surface area contributed by atoms with Crippen molar-refractivity contribution in [3.05, 3.63) is 24.2 Å². The lowest BCUT2D eigenvalue weighted by atomic mass is 9.97. The molecule has 1 aliphatic heterocycles. The van der Waals surface area contributed by atoms with Gasteiger partial charge in [0.25, 0.3) is 5.91 Å². The van der Waals surface area contributed by atoms with Crippen molar-refractivity contribution in [2.24, 2.45) is 0 Å². The van der Waals surface area contributed by atoms with Crippen molar-refractivity contribution in [3.63, 3.8) is 0 Å². The zero-order valence-corrected chi connectivity index (χ0v) is 11.3. The summed E-state index contributed by atoms with van der Waals surface area (Å²) < 4.78 is 44.0. The Labute approximate surface area is 119 Å². The summed E-state index contributed by atoms with van der Waals surface area (Å²) in [5.41, 5.74) is 0.0627. The Bertz CT molecular complexity index is 513. The first kappa shape index (κ1) is 15.4. The lowest BCUT2D eigenvalue weighted by Crippen LogP contribution is -2.58. The van der Waals surface area contributed by atoms with E-state index in [1.807, 2.05) is 0 Å². The van der Waals surface area contributed by atoms with E-state index in [0.717, 1.165) is 11.2 Å². The van der Waals surface area contributed by atoms with Crippen molar-refractivity contribution in [1.82, 2.24) is 10.2 Å². The van der Waals surface area contributed by atoms with E-state index in [-0.39, 0.29) is 30.9 Å². The minimum Gasteiger partial charge on any atom is -0.472 e. The molecule has 0 aromatic carbocycles. The Balaban J connectivity index is 2.20. The molecule has 21 heavy (non-hydrogen) atoms. The zero-order chi connectivity index (χ0) is 15.6. The van der Waals surface area contributed by atoms with E-state index < -0.39 is 24.2 Å². The average molecular weight is 304 g/mol. The predicted octanol–water partition coefficient (Wildman–Crippen LogP) is 1.95. The third kappa shape index (κ3) is 3.56. The molecule has 2 amide bonds. The molecule has 0 bridgehead atoms.